The molecule has 25 heavy (non-hydrogen) atoms. The highest BCUT2D eigenvalue weighted by atomic mass is 35.5. The number of esters is 1. The molecule has 8 heteroatoms. The molecule has 0 aliphatic carbocycles. The summed E-state index contributed by atoms with van der Waals surface area (Å²) in [5.41, 5.74) is 0.990. The van der Waals surface area contributed by atoms with Gasteiger partial charge in [-0.15, -0.1) is 0 Å². The lowest BCUT2D eigenvalue weighted by atomic mass is 10.2. The van der Waals surface area contributed by atoms with Gasteiger partial charge >= 0.3 is 5.97 Å². The van der Waals surface area contributed by atoms with E-state index < -0.39 is 16.0 Å². The minimum Gasteiger partial charge on any atom is -0.496 e. The van der Waals surface area contributed by atoms with Gasteiger partial charge in [0.2, 0.25) is 0 Å². The average Bonchev–Trinajstić information content (AvgIpc) is 2.56. The van der Waals surface area contributed by atoms with Crippen LogP contribution < -0.4 is 9.46 Å². The second-order valence-corrected chi connectivity index (χ2v) is 7.24. The molecule has 2 aromatic rings. The Morgan fingerprint density at radius 3 is 2.52 bits per heavy atom. The summed E-state index contributed by atoms with van der Waals surface area (Å²) in [7, 11) is -2.32. The molecular formula is C17H18ClNO5S. The van der Waals surface area contributed by atoms with Crippen molar-refractivity contribution in [2.75, 3.05) is 18.4 Å². The molecule has 2 aromatic carbocycles. The zero-order chi connectivity index (χ0) is 18.6. The Morgan fingerprint density at radius 2 is 1.92 bits per heavy atom. The van der Waals surface area contributed by atoms with Gasteiger partial charge in [-0.05, 0) is 55.8 Å². The molecule has 2 rings (SSSR count). The van der Waals surface area contributed by atoms with Crippen LogP contribution in [0.3, 0.4) is 0 Å². The number of ether oxygens (including phenoxy) is 2. The maximum Gasteiger partial charge on any atom is 0.339 e. The third-order valence-electron chi connectivity index (χ3n) is 3.39. The zero-order valence-electron chi connectivity index (χ0n) is 14.0. The van der Waals surface area contributed by atoms with Crippen molar-refractivity contribution >= 4 is 33.3 Å². The Hall–Kier alpha value is -2.25. The lowest BCUT2D eigenvalue weighted by molar-refractivity contribution is 0.0526. The van der Waals surface area contributed by atoms with Gasteiger partial charge in [0.05, 0.1) is 29.2 Å². The van der Waals surface area contributed by atoms with Crippen molar-refractivity contribution in [1.29, 1.82) is 0 Å². The first-order valence-electron chi connectivity index (χ1n) is 7.42. The van der Waals surface area contributed by atoms with Gasteiger partial charge in [0.1, 0.15) is 5.75 Å². The van der Waals surface area contributed by atoms with Crippen LogP contribution in [0.4, 0.5) is 5.69 Å². The largest absolute Gasteiger partial charge is 0.496 e. The molecule has 0 unspecified atom stereocenters. The molecule has 0 aromatic heterocycles. The number of aryl methyl sites for hydroxylation is 1. The van der Waals surface area contributed by atoms with Gasteiger partial charge in [0, 0.05) is 5.69 Å². The molecule has 0 atom stereocenters. The first kappa shape index (κ1) is 19.1. The van der Waals surface area contributed by atoms with Crippen molar-refractivity contribution in [3.05, 3.63) is 52.5 Å². The summed E-state index contributed by atoms with van der Waals surface area (Å²) >= 11 is 5.98. The zero-order valence-corrected chi connectivity index (χ0v) is 15.6. The smallest absolute Gasteiger partial charge is 0.339 e. The molecular weight excluding hydrogens is 366 g/mol. The van der Waals surface area contributed by atoms with E-state index in [9.17, 15) is 13.2 Å². The number of carbonyl (C=O) groups is 1. The molecule has 0 aliphatic heterocycles. The topological polar surface area (TPSA) is 81.7 Å². The maximum absolute atomic E-state index is 12.5. The summed E-state index contributed by atoms with van der Waals surface area (Å²) in [5, 5.41) is 0.182. The van der Waals surface area contributed by atoms with Gasteiger partial charge in [-0.3, -0.25) is 4.72 Å². The van der Waals surface area contributed by atoms with E-state index in [1.54, 1.807) is 19.9 Å². The molecule has 0 saturated heterocycles. The average molecular weight is 384 g/mol. The second kappa shape index (κ2) is 7.76. The number of anilines is 1. The van der Waals surface area contributed by atoms with Crippen molar-refractivity contribution in [1.82, 2.24) is 0 Å². The number of methoxy groups -OCH3 is 1. The summed E-state index contributed by atoms with van der Waals surface area (Å²) in [4.78, 5) is 12.0. The number of rotatable bonds is 6. The van der Waals surface area contributed by atoms with E-state index in [0.717, 1.165) is 0 Å². The lowest BCUT2D eigenvalue weighted by Crippen LogP contribution is -2.14. The predicted octanol–water partition coefficient (Wildman–Crippen LogP) is 3.63. The van der Waals surface area contributed by atoms with Crippen LogP contribution in [0.15, 0.2) is 41.3 Å². The minimum atomic E-state index is -3.83. The molecule has 0 saturated carbocycles. The van der Waals surface area contributed by atoms with Crippen LogP contribution >= 0.6 is 11.6 Å². The quantitative estimate of drug-likeness (QED) is 0.770. The fraction of sp³-hybridized carbons (Fsp3) is 0.235. The van der Waals surface area contributed by atoms with E-state index in [0.29, 0.717) is 11.3 Å². The third-order valence-corrected chi connectivity index (χ3v) is 5.10. The van der Waals surface area contributed by atoms with Gasteiger partial charge in [-0.2, -0.15) is 0 Å². The Labute approximate surface area is 151 Å². The molecule has 6 nitrogen and oxygen atoms in total. The number of carbonyl (C=O) groups excluding carboxylic acids is 1. The first-order valence-corrected chi connectivity index (χ1v) is 9.28. The van der Waals surface area contributed by atoms with Crippen molar-refractivity contribution in [2.45, 2.75) is 18.7 Å². The molecule has 0 heterocycles. The van der Waals surface area contributed by atoms with Gasteiger partial charge in [-0.25, -0.2) is 13.2 Å². The monoisotopic (exact) mass is 383 g/mol. The summed E-state index contributed by atoms with van der Waals surface area (Å²) in [6.45, 7) is 3.61. The minimum absolute atomic E-state index is 0.0819. The molecule has 0 spiro atoms. The first-order chi connectivity index (χ1) is 11.8. The Morgan fingerprint density at radius 1 is 1.20 bits per heavy atom. The van der Waals surface area contributed by atoms with Gasteiger partial charge in [-0.1, -0.05) is 11.6 Å². The Bertz CT molecular complexity index is 896. The number of sulfonamides is 1. The van der Waals surface area contributed by atoms with E-state index >= 15 is 0 Å². The van der Waals surface area contributed by atoms with Gasteiger partial charge in [0.25, 0.3) is 10.0 Å². The van der Waals surface area contributed by atoms with Crippen LogP contribution in [0.1, 0.15) is 22.8 Å². The van der Waals surface area contributed by atoms with Crippen molar-refractivity contribution in [3.63, 3.8) is 0 Å². The molecule has 0 fully saturated rings. The fourth-order valence-electron chi connectivity index (χ4n) is 2.19. The summed E-state index contributed by atoms with van der Waals surface area (Å²) in [6.07, 6.45) is 0. The molecule has 0 amide bonds. The van der Waals surface area contributed by atoms with E-state index in [4.69, 9.17) is 21.1 Å². The third kappa shape index (κ3) is 4.43. The number of hydrogen-bond donors (Lipinski definition) is 1. The van der Waals surface area contributed by atoms with Crippen LogP contribution in [0.5, 0.6) is 5.75 Å². The molecule has 0 bridgehead atoms. The molecule has 134 valence electrons. The van der Waals surface area contributed by atoms with E-state index in [-0.39, 0.29) is 27.8 Å². The van der Waals surface area contributed by atoms with E-state index in [1.165, 1.54) is 37.4 Å². The highest BCUT2D eigenvalue weighted by molar-refractivity contribution is 7.92. The SMILES string of the molecule is CCOC(=O)c1cc(NS(=O)(=O)c2ccc(OC)c(C)c2)ccc1Cl. The second-order valence-electron chi connectivity index (χ2n) is 5.15. The molecule has 0 aliphatic rings. The van der Waals surface area contributed by atoms with Crippen LogP contribution in [0, 0.1) is 6.92 Å². The van der Waals surface area contributed by atoms with E-state index in [2.05, 4.69) is 4.72 Å². The normalized spacial score (nSPS) is 11.0. The van der Waals surface area contributed by atoms with E-state index in [1.807, 2.05) is 0 Å². The fourth-order valence-corrected chi connectivity index (χ4v) is 3.52. The maximum atomic E-state index is 12.5. The van der Waals surface area contributed by atoms with Crippen LogP contribution in [-0.4, -0.2) is 28.1 Å². The number of hydrogen-bond acceptors (Lipinski definition) is 5. The van der Waals surface area contributed by atoms with Gasteiger partial charge in [0.15, 0.2) is 0 Å². The molecule has 1 N–H and O–H groups in total. The van der Waals surface area contributed by atoms with Crippen molar-refractivity contribution < 1.29 is 22.7 Å². The van der Waals surface area contributed by atoms with Gasteiger partial charge < -0.3 is 9.47 Å². The van der Waals surface area contributed by atoms with Crippen LogP contribution in [0.25, 0.3) is 0 Å². The van der Waals surface area contributed by atoms with Crippen LogP contribution in [0.2, 0.25) is 5.02 Å². The summed E-state index contributed by atoms with van der Waals surface area (Å²) < 4.78 is 37.6. The Balaban J connectivity index is 2.33. The lowest BCUT2D eigenvalue weighted by Gasteiger charge is -2.12. The van der Waals surface area contributed by atoms with Crippen molar-refractivity contribution in [2.24, 2.45) is 0 Å². The summed E-state index contributed by atoms with van der Waals surface area (Å²) in [6, 6.07) is 8.77. The van der Waals surface area contributed by atoms with Crippen LogP contribution in [-0.2, 0) is 14.8 Å². The standard InChI is InChI=1S/C17H18ClNO5S/c1-4-24-17(20)14-10-12(5-7-15(14)18)19-25(21,22)13-6-8-16(23-3)11(2)9-13/h5-10,19H,4H2,1-3H3. The Kier molecular flexibility index (Phi) is 5.92. The number of nitrogens with one attached hydrogen (secondary N) is 1. The predicted molar refractivity (Wildman–Crippen MR) is 95.9 cm³/mol. The number of benzene rings is 2. The highest BCUT2D eigenvalue weighted by Gasteiger charge is 2.18. The highest BCUT2D eigenvalue weighted by Crippen LogP contribution is 2.26. The van der Waals surface area contributed by atoms with Crippen molar-refractivity contribution in [3.8, 4) is 5.75 Å². The summed E-state index contributed by atoms with van der Waals surface area (Å²) in [5.74, 6) is -0.0242. The molecule has 0 radical (unpaired) electrons. The number of halogens is 1.